The Balaban J connectivity index is 3.74. The number of hydrogen-bond acceptors (Lipinski definition) is 7. The normalized spacial score (nSPS) is 14.1. The Morgan fingerprint density at radius 1 is 0.620 bits per heavy atom. The molecule has 0 spiro atoms. The van der Waals surface area contributed by atoms with Crippen LogP contribution in [0.15, 0.2) is 60.8 Å². The third-order valence-electron chi connectivity index (χ3n) is 7.67. The Hall–Kier alpha value is -2.29. The van der Waals surface area contributed by atoms with Gasteiger partial charge >= 0.3 is 13.8 Å². The molecular formula is C40H70NO8P. The molecule has 2 unspecified atom stereocenters. The van der Waals surface area contributed by atoms with Gasteiger partial charge in [-0.1, -0.05) is 120 Å². The van der Waals surface area contributed by atoms with Gasteiger partial charge in [0.25, 0.3) is 0 Å². The zero-order valence-corrected chi connectivity index (χ0v) is 32.2. The molecule has 0 aromatic rings. The van der Waals surface area contributed by atoms with Crippen LogP contribution < -0.4 is 5.32 Å². The molecule has 3 N–H and O–H groups in total. The van der Waals surface area contributed by atoms with Crippen LogP contribution in [0.1, 0.15) is 149 Å². The second-order valence-electron chi connectivity index (χ2n) is 12.5. The average molecular weight is 724 g/mol. The number of carbonyl (C=O) groups is 2. The Labute approximate surface area is 304 Å². The van der Waals surface area contributed by atoms with E-state index in [2.05, 4.69) is 73.8 Å². The van der Waals surface area contributed by atoms with Gasteiger partial charge in [-0.05, 0) is 77.0 Å². The van der Waals surface area contributed by atoms with Crippen molar-refractivity contribution in [2.75, 3.05) is 26.4 Å². The Morgan fingerprint density at radius 3 is 1.68 bits per heavy atom. The molecular weight excluding hydrogens is 653 g/mol. The van der Waals surface area contributed by atoms with E-state index in [0.717, 1.165) is 57.8 Å². The standard InChI is InChI=1S/C40H70NO8P/c1-3-5-7-9-11-13-15-17-18-19-20-21-23-25-27-29-31-33-40(44)47-36-38(42)37-49-50(45,46)48-35-34-41-39(43)32-30-28-26-24-22-16-14-12-10-8-6-4-2/h11-14,17-18,20-21,25,27,38,42H,3-10,15-16,19,22-24,26,28-37H2,1-2H3,(H,41,43)(H,45,46)/b13-11-,14-12-,18-17-,21-20-,27-25-. The van der Waals surface area contributed by atoms with E-state index in [-0.39, 0.29) is 32.1 Å². The summed E-state index contributed by atoms with van der Waals surface area (Å²) in [5.41, 5.74) is 0. The van der Waals surface area contributed by atoms with Crippen LogP contribution in [0, 0.1) is 0 Å². The summed E-state index contributed by atoms with van der Waals surface area (Å²) in [5, 5.41) is 12.6. The second-order valence-corrected chi connectivity index (χ2v) is 14.0. The van der Waals surface area contributed by atoms with Crippen LogP contribution in [-0.2, 0) is 27.9 Å². The first kappa shape index (κ1) is 47.7. The molecule has 0 bridgehead atoms. The van der Waals surface area contributed by atoms with Crippen molar-refractivity contribution in [1.29, 1.82) is 0 Å². The van der Waals surface area contributed by atoms with Crippen LogP contribution in [0.2, 0.25) is 0 Å². The van der Waals surface area contributed by atoms with E-state index in [9.17, 15) is 24.2 Å². The number of amides is 1. The number of aliphatic hydroxyl groups is 1. The van der Waals surface area contributed by atoms with Crippen molar-refractivity contribution in [3.05, 3.63) is 60.8 Å². The smallest absolute Gasteiger partial charge is 0.463 e. The second kappa shape index (κ2) is 36.5. The minimum absolute atomic E-state index is 0.0680. The van der Waals surface area contributed by atoms with E-state index in [1.165, 1.54) is 57.8 Å². The fourth-order valence-corrected chi connectivity index (χ4v) is 5.47. The Morgan fingerprint density at radius 2 is 1.10 bits per heavy atom. The Kier molecular flexibility index (Phi) is 34.8. The van der Waals surface area contributed by atoms with Crippen molar-refractivity contribution in [2.45, 2.75) is 155 Å². The quantitative estimate of drug-likeness (QED) is 0.0255. The molecule has 0 aliphatic carbocycles. The summed E-state index contributed by atoms with van der Waals surface area (Å²) in [5.74, 6) is -0.589. The highest BCUT2D eigenvalue weighted by Gasteiger charge is 2.23. The molecule has 0 saturated heterocycles. The fraction of sp³-hybridized carbons (Fsp3) is 0.700. The predicted molar refractivity (Wildman–Crippen MR) is 206 cm³/mol. The van der Waals surface area contributed by atoms with Crippen LogP contribution in [0.25, 0.3) is 0 Å². The molecule has 50 heavy (non-hydrogen) atoms. The monoisotopic (exact) mass is 723 g/mol. The van der Waals surface area contributed by atoms with Crippen molar-refractivity contribution in [3.63, 3.8) is 0 Å². The first-order chi connectivity index (χ1) is 24.3. The minimum atomic E-state index is -4.43. The van der Waals surface area contributed by atoms with Gasteiger partial charge in [0.1, 0.15) is 12.7 Å². The number of rotatable bonds is 35. The molecule has 0 heterocycles. The van der Waals surface area contributed by atoms with Gasteiger partial charge in [0.2, 0.25) is 5.91 Å². The molecule has 0 saturated carbocycles. The molecule has 0 aromatic carbocycles. The summed E-state index contributed by atoms with van der Waals surface area (Å²) in [6.45, 7) is 3.40. The van der Waals surface area contributed by atoms with Crippen molar-refractivity contribution in [1.82, 2.24) is 5.32 Å². The zero-order valence-electron chi connectivity index (χ0n) is 31.3. The third kappa shape index (κ3) is 37.0. The summed E-state index contributed by atoms with van der Waals surface area (Å²) in [6, 6.07) is 0. The number of hydrogen-bond donors (Lipinski definition) is 3. The molecule has 0 aliphatic rings. The molecule has 9 nitrogen and oxygen atoms in total. The molecule has 0 aromatic heterocycles. The van der Waals surface area contributed by atoms with Gasteiger partial charge in [0.05, 0.1) is 13.2 Å². The lowest BCUT2D eigenvalue weighted by Crippen LogP contribution is -2.27. The third-order valence-corrected chi connectivity index (χ3v) is 8.65. The number of carbonyl (C=O) groups excluding carboxylic acids is 2. The average Bonchev–Trinajstić information content (AvgIpc) is 3.10. The van der Waals surface area contributed by atoms with Gasteiger partial charge in [-0.25, -0.2) is 4.57 Å². The fourth-order valence-electron chi connectivity index (χ4n) is 4.72. The van der Waals surface area contributed by atoms with Crippen LogP contribution in [0.3, 0.4) is 0 Å². The van der Waals surface area contributed by atoms with E-state index in [0.29, 0.717) is 12.8 Å². The number of aliphatic hydroxyl groups excluding tert-OH is 1. The van der Waals surface area contributed by atoms with E-state index in [1.54, 1.807) is 0 Å². The highest BCUT2D eigenvalue weighted by Crippen LogP contribution is 2.42. The summed E-state index contributed by atoms with van der Waals surface area (Å²) in [4.78, 5) is 33.7. The molecule has 0 rings (SSSR count). The van der Waals surface area contributed by atoms with Crippen molar-refractivity contribution in [2.24, 2.45) is 0 Å². The summed E-state index contributed by atoms with van der Waals surface area (Å²) in [6.07, 6.45) is 41.5. The van der Waals surface area contributed by atoms with Crippen LogP contribution in [0.4, 0.5) is 0 Å². The number of phosphoric ester groups is 1. The van der Waals surface area contributed by atoms with E-state index < -0.39 is 26.5 Å². The number of ether oxygens (including phenoxy) is 1. The maximum atomic E-state index is 12.0. The van der Waals surface area contributed by atoms with E-state index >= 15 is 0 Å². The maximum absolute atomic E-state index is 12.0. The molecule has 1 amide bonds. The first-order valence-corrected chi connectivity index (χ1v) is 20.8. The first-order valence-electron chi connectivity index (χ1n) is 19.3. The largest absolute Gasteiger partial charge is 0.472 e. The van der Waals surface area contributed by atoms with Crippen LogP contribution in [0.5, 0.6) is 0 Å². The highest BCUT2D eigenvalue weighted by atomic mass is 31.2. The molecule has 0 fully saturated rings. The number of nitrogens with one attached hydrogen (secondary N) is 1. The molecule has 0 aliphatic heterocycles. The number of esters is 1. The van der Waals surface area contributed by atoms with Crippen LogP contribution >= 0.6 is 7.82 Å². The Bertz CT molecular complexity index is 1010. The zero-order chi connectivity index (χ0) is 36.8. The lowest BCUT2D eigenvalue weighted by Gasteiger charge is -2.15. The lowest BCUT2D eigenvalue weighted by molar-refractivity contribution is -0.147. The molecule has 10 heteroatoms. The van der Waals surface area contributed by atoms with Gasteiger partial charge in [-0.2, -0.15) is 0 Å². The van der Waals surface area contributed by atoms with E-state index in [1.807, 2.05) is 6.08 Å². The van der Waals surface area contributed by atoms with Crippen molar-refractivity contribution < 1.29 is 37.9 Å². The van der Waals surface area contributed by atoms with Gasteiger partial charge in [0, 0.05) is 19.4 Å². The molecule has 288 valence electrons. The highest BCUT2D eigenvalue weighted by molar-refractivity contribution is 7.47. The lowest BCUT2D eigenvalue weighted by atomic mass is 10.1. The van der Waals surface area contributed by atoms with Gasteiger partial charge < -0.3 is 20.1 Å². The number of phosphoric acid groups is 1. The van der Waals surface area contributed by atoms with Gasteiger partial charge in [-0.3, -0.25) is 18.6 Å². The summed E-state index contributed by atoms with van der Waals surface area (Å²) >= 11 is 0. The van der Waals surface area contributed by atoms with Crippen molar-refractivity contribution >= 4 is 19.7 Å². The van der Waals surface area contributed by atoms with Crippen molar-refractivity contribution in [3.8, 4) is 0 Å². The topological polar surface area (TPSA) is 131 Å². The predicted octanol–water partition coefficient (Wildman–Crippen LogP) is 10.2. The number of allylic oxidation sites excluding steroid dienone is 10. The van der Waals surface area contributed by atoms with Gasteiger partial charge in [-0.15, -0.1) is 0 Å². The minimum Gasteiger partial charge on any atom is -0.463 e. The van der Waals surface area contributed by atoms with Gasteiger partial charge in [0.15, 0.2) is 0 Å². The molecule has 2 atom stereocenters. The molecule has 0 radical (unpaired) electrons. The number of unbranched alkanes of at least 4 members (excludes halogenated alkanes) is 12. The maximum Gasteiger partial charge on any atom is 0.472 e. The van der Waals surface area contributed by atoms with E-state index in [4.69, 9.17) is 13.8 Å². The summed E-state index contributed by atoms with van der Waals surface area (Å²) < 4.78 is 26.7. The SMILES string of the molecule is CCCCC/C=C\C/C=C\C/C=C\C/C=C\CCCC(=O)OCC(O)COP(=O)(O)OCCNC(=O)CCCCCCC/C=C\CCCCC. The van der Waals surface area contributed by atoms with Crippen LogP contribution in [-0.4, -0.2) is 54.3 Å². The summed E-state index contributed by atoms with van der Waals surface area (Å²) in [7, 11) is -4.43.